The van der Waals surface area contributed by atoms with Gasteiger partial charge in [0.2, 0.25) is 5.82 Å². The quantitative estimate of drug-likeness (QED) is 0.524. The van der Waals surface area contributed by atoms with Gasteiger partial charge in [-0.3, -0.25) is 10.1 Å². The van der Waals surface area contributed by atoms with Crippen molar-refractivity contribution in [3.63, 3.8) is 0 Å². The third-order valence-corrected chi connectivity index (χ3v) is 2.97. The van der Waals surface area contributed by atoms with Gasteiger partial charge in [0.1, 0.15) is 18.0 Å². The zero-order valence-electron chi connectivity index (χ0n) is 12.8. The summed E-state index contributed by atoms with van der Waals surface area (Å²) >= 11 is 0. The Labute approximate surface area is 141 Å². The number of nitro groups is 1. The van der Waals surface area contributed by atoms with Gasteiger partial charge in [-0.15, -0.1) is 0 Å². The van der Waals surface area contributed by atoms with Crippen LogP contribution in [0.3, 0.4) is 0 Å². The van der Waals surface area contributed by atoms with Crippen molar-refractivity contribution in [3.8, 4) is 11.8 Å². The van der Waals surface area contributed by atoms with E-state index in [2.05, 4.69) is 17.2 Å². The molecule has 2 aromatic carbocycles. The van der Waals surface area contributed by atoms with Crippen molar-refractivity contribution in [1.29, 1.82) is 0 Å². The van der Waals surface area contributed by atoms with E-state index in [0.29, 0.717) is 6.07 Å². The fourth-order valence-electron chi connectivity index (χ4n) is 1.88. The number of rotatable bonds is 4. The zero-order chi connectivity index (χ0) is 18.2. The van der Waals surface area contributed by atoms with Crippen LogP contribution in [0.2, 0.25) is 0 Å². The number of carbonyl (C=O) groups is 1. The van der Waals surface area contributed by atoms with Gasteiger partial charge in [0.25, 0.3) is 0 Å². The van der Waals surface area contributed by atoms with Crippen LogP contribution in [0.1, 0.15) is 11.1 Å². The van der Waals surface area contributed by atoms with Gasteiger partial charge in [0.05, 0.1) is 11.5 Å². The Morgan fingerprint density at radius 1 is 1.24 bits per heavy atom. The highest BCUT2D eigenvalue weighted by molar-refractivity contribution is 5.67. The van der Waals surface area contributed by atoms with Crippen LogP contribution in [0.4, 0.5) is 19.3 Å². The highest BCUT2D eigenvalue weighted by Crippen LogP contribution is 2.23. The van der Waals surface area contributed by atoms with Crippen molar-refractivity contribution in [1.82, 2.24) is 5.32 Å². The maximum atomic E-state index is 13.4. The fourth-order valence-corrected chi connectivity index (χ4v) is 1.88. The van der Waals surface area contributed by atoms with E-state index in [1.165, 1.54) is 0 Å². The molecular formula is C17H12F2N2O4. The van der Waals surface area contributed by atoms with Crippen LogP contribution in [0.25, 0.3) is 0 Å². The van der Waals surface area contributed by atoms with Gasteiger partial charge < -0.3 is 10.1 Å². The second-order valence-corrected chi connectivity index (χ2v) is 4.76. The first-order valence-corrected chi connectivity index (χ1v) is 7.04. The molecule has 0 radical (unpaired) electrons. The molecule has 2 aromatic rings. The first-order valence-electron chi connectivity index (χ1n) is 7.04. The van der Waals surface area contributed by atoms with Crippen molar-refractivity contribution in [2.45, 2.75) is 6.61 Å². The molecule has 0 fully saturated rings. The van der Waals surface area contributed by atoms with Crippen LogP contribution in [0, 0.1) is 33.6 Å². The molecule has 0 bridgehead atoms. The lowest BCUT2D eigenvalue weighted by Gasteiger charge is -2.04. The number of alkyl carbamates (subject to hydrolysis) is 1. The van der Waals surface area contributed by atoms with Gasteiger partial charge in [-0.1, -0.05) is 42.2 Å². The monoisotopic (exact) mass is 346 g/mol. The van der Waals surface area contributed by atoms with E-state index in [0.717, 1.165) is 11.6 Å². The van der Waals surface area contributed by atoms with Gasteiger partial charge in [0, 0.05) is 6.07 Å². The third kappa shape index (κ3) is 5.28. The maximum absolute atomic E-state index is 13.4. The number of nitrogens with one attached hydrogen (secondary N) is 1. The summed E-state index contributed by atoms with van der Waals surface area (Å²) in [7, 11) is 0. The molecule has 1 N–H and O–H groups in total. The molecule has 0 atom stereocenters. The molecule has 1 amide bonds. The smallest absolute Gasteiger partial charge is 0.408 e. The molecule has 0 aliphatic heterocycles. The van der Waals surface area contributed by atoms with E-state index in [4.69, 9.17) is 4.74 Å². The summed E-state index contributed by atoms with van der Waals surface area (Å²) in [6, 6.07) is 10.1. The Morgan fingerprint density at radius 2 is 1.96 bits per heavy atom. The summed E-state index contributed by atoms with van der Waals surface area (Å²) in [5.41, 5.74) is -0.530. The molecule has 128 valence electrons. The maximum Gasteiger partial charge on any atom is 0.408 e. The second kappa shape index (κ2) is 8.40. The van der Waals surface area contributed by atoms with Gasteiger partial charge in [-0.25, -0.2) is 9.18 Å². The van der Waals surface area contributed by atoms with E-state index in [1.807, 2.05) is 6.07 Å². The lowest BCUT2D eigenvalue weighted by atomic mass is 10.1. The van der Waals surface area contributed by atoms with E-state index >= 15 is 0 Å². The number of nitro benzene ring substituents is 1. The van der Waals surface area contributed by atoms with Crippen molar-refractivity contribution in [3.05, 3.63) is 75.3 Å². The number of hydrogen-bond donors (Lipinski definition) is 1. The first-order chi connectivity index (χ1) is 12.0. The average Bonchev–Trinajstić information content (AvgIpc) is 2.57. The third-order valence-electron chi connectivity index (χ3n) is 2.97. The highest BCUT2D eigenvalue weighted by atomic mass is 19.1. The van der Waals surface area contributed by atoms with E-state index in [9.17, 15) is 23.7 Å². The second-order valence-electron chi connectivity index (χ2n) is 4.76. The Balaban J connectivity index is 1.92. The molecule has 25 heavy (non-hydrogen) atoms. The number of nitrogens with zero attached hydrogens (tertiary/aromatic N) is 1. The number of hydrogen-bond acceptors (Lipinski definition) is 4. The topological polar surface area (TPSA) is 81.5 Å². The standard InChI is InChI=1S/C17H12F2N2O4/c18-14-9-13(16(21(23)24)15(19)10-14)7-4-8-20-17(22)25-11-12-5-2-1-3-6-12/h1-3,5-6,9-10H,8,11H2,(H,20,22). The van der Waals surface area contributed by atoms with E-state index in [-0.39, 0.29) is 13.2 Å². The molecule has 2 rings (SSSR count). The van der Waals surface area contributed by atoms with Crippen LogP contribution in [-0.2, 0) is 11.3 Å². The molecule has 0 saturated heterocycles. The summed E-state index contributed by atoms with van der Waals surface area (Å²) in [5, 5.41) is 13.1. The van der Waals surface area contributed by atoms with Crippen molar-refractivity contribution >= 4 is 11.8 Å². The van der Waals surface area contributed by atoms with Crippen LogP contribution in [0.15, 0.2) is 42.5 Å². The lowest BCUT2D eigenvalue weighted by molar-refractivity contribution is -0.387. The lowest BCUT2D eigenvalue weighted by Crippen LogP contribution is -2.24. The van der Waals surface area contributed by atoms with Crippen LogP contribution >= 0.6 is 0 Å². The summed E-state index contributed by atoms with van der Waals surface area (Å²) in [6.45, 7) is -0.135. The molecule has 8 heteroatoms. The molecule has 0 aliphatic carbocycles. The minimum atomic E-state index is -1.32. The number of amides is 1. The molecule has 0 spiro atoms. The molecule has 0 unspecified atom stereocenters. The Hall–Kier alpha value is -3.47. The highest BCUT2D eigenvalue weighted by Gasteiger charge is 2.20. The van der Waals surface area contributed by atoms with Crippen molar-refractivity contribution in [2.75, 3.05) is 6.54 Å². The van der Waals surface area contributed by atoms with Crippen molar-refractivity contribution in [2.24, 2.45) is 0 Å². The minimum absolute atomic E-state index is 0.0701. The molecular weight excluding hydrogens is 334 g/mol. The van der Waals surface area contributed by atoms with E-state index < -0.39 is 33.9 Å². The van der Waals surface area contributed by atoms with Crippen LogP contribution in [0.5, 0.6) is 0 Å². The summed E-state index contributed by atoms with van der Waals surface area (Å²) in [4.78, 5) is 21.3. The predicted octanol–water partition coefficient (Wildman–Crippen LogP) is 3.15. The van der Waals surface area contributed by atoms with Gasteiger partial charge >= 0.3 is 11.8 Å². The summed E-state index contributed by atoms with van der Waals surface area (Å²) in [5.74, 6) is 2.35. The molecule has 0 heterocycles. The fraction of sp³-hybridized carbons (Fsp3) is 0.118. The SMILES string of the molecule is O=C(NCC#Cc1cc(F)cc(F)c1[N+](=O)[O-])OCc1ccccc1. The van der Waals surface area contributed by atoms with Gasteiger partial charge in [0.15, 0.2) is 0 Å². The summed E-state index contributed by atoms with van der Waals surface area (Å²) in [6.07, 6.45) is -0.738. The minimum Gasteiger partial charge on any atom is -0.445 e. The molecule has 0 aromatic heterocycles. The number of benzene rings is 2. The number of halogens is 2. The molecule has 6 nitrogen and oxygen atoms in total. The Bertz CT molecular complexity index is 845. The van der Waals surface area contributed by atoms with Crippen LogP contribution < -0.4 is 5.32 Å². The number of carbonyl (C=O) groups excluding carboxylic acids is 1. The first kappa shape index (κ1) is 17.9. The largest absolute Gasteiger partial charge is 0.445 e. The summed E-state index contributed by atoms with van der Waals surface area (Å²) < 4.78 is 31.5. The van der Waals surface area contributed by atoms with E-state index in [1.54, 1.807) is 24.3 Å². The average molecular weight is 346 g/mol. The Morgan fingerprint density at radius 3 is 2.64 bits per heavy atom. The normalized spacial score (nSPS) is 9.68. The Kier molecular flexibility index (Phi) is 6.01. The van der Waals surface area contributed by atoms with Gasteiger partial charge in [-0.05, 0) is 11.6 Å². The van der Waals surface area contributed by atoms with Crippen LogP contribution in [-0.4, -0.2) is 17.6 Å². The molecule has 0 aliphatic rings. The number of ether oxygens (including phenoxy) is 1. The molecule has 0 saturated carbocycles. The van der Waals surface area contributed by atoms with Crippen molar-refractivity contribution < 1.29 is 23.2 Å². The predicted molar refractivity (Wildman–Crippen MR) is 84.5 cm³/mol. The zero-order valence-corrected chi connectivity index (χ0v) is 12.8. The van der Waals surface area contributed by atoms with Gasteiger partial charge in [-0.2, -0.15) is 4.39 Å².